The molecular formula is C19H17BrN4O. The van der Waals surface area contributed by atoms with E-state index in [1.165, 1.54) is 5.56 Å². The highest BCUT2D eigenvalue weighted by Gasteiger charge is 2.09. The van der Waals surface area contributed by atoms with Gasteiger partial charge in [0.05, 0.1) is 0 Å². The highest BCUT2D eigenvalue weighted by atomic mass is 79.9. The number of aromatic nitrogens is 2. The summed E-state index contributed by atoms with van der Waals surface area (Å²) in [7, 11) is 0. The third-order valence-electron chi connectivity index (χ3n) is 3.54. The van der Waals surface area contributed by atoms with Gasteiger partial charge in [-0.1, -0.05) is 51.8 Å². The lowest BCUT2D eigenvalue weighted by atomic mass is 10.1. The largest absolute Gasteiger partial charge is 0.350 e. The number of carbonyl (C=O) groups excluding carboxylic acids is 1. The Morgan fingerprint density at radius 3 is 2.68 bits per heavy atom. The first-order chi connectivity index (χ1) is 12.1. The number of anilines is 2. The number of hydrogen-bond donors (Lipinski definition) is 2. The number of hydrogen-bond acceptors (Lipinski definition) is 4. The summed E-state index contributed by atoms with van der Waals surface area (Å²) >= 11 is 3.38. The van der Waals surface area contributed by atoms with Crippen molar-refractivity contribution < 1.29 is 4.79 Å². The number of nitrogens with zero attached hydrogens (tertiary/aromatic N) is 2. The second-order valence-electron chi connectivity index (χ2n) is 5.57. The van der Waals surface area contributed by atoms with Gasteiger partial charge in [-0.15, -0.1) is 0 Å². The minimum Gasteiger partial charge on any atom is -0.350 e. The highest BCUT2D eigenvalue weighted by molar-refractivity contribution is 9.10. The maximum atomic E-state index is 12.3. The van der Waals surface area contributed by atoms with Crippen LogP contribution in [0.15, 0.2) is 65.3 Å². The fourth-order valence-corrected chi connectivity index (χ4v) is 2.62. The fraction of sp³-hybridized carbons (Fsp3) is 0.105. The first-order valence-corrected chi connectivity index (χ1v) is 8.59. The molecule has 126 valence electrons. The number of benzene rings is 2. The number of rotatable bonds is 5. The van der Waals surface area contributed by atoms with Gasteiger partial charge in [0.25, 0.3) is 5.91 Å². The van der Waals surface area contributed by atoms with Gasteiger partial charge in [0.2, 0.25) is 5.95 Å². The van der Waals surface area contributed by atoms with Crippen LogP contribution in [-0.4, -0.2) is 15.9 Å². The molecule has 2 aromatic carbocycles. The zero-order valence-electron chi connectivity index (χ0n) is 13.7. The zero-order valence-corrected chi connectivity index (χ0v) is 15.2. The molecule has 0 saturated heterocycles. The smallest absolute Gasteiger partial charge is 0.274 e. The van der Waals surface area contributed by atoms with Crippen molar-refractivity contribution in [2.24, 2.45) is 0 Å². The summed E-state index contributed by atoms with van der Waals surface area (Å²) in [5.74, 6) is 0.140. The van der Waals surface area contributed by atoms with E-state index in [0.717, 1.165) is 10.0 Å². The van der Waals surface area contributed by atoms with Gasteiger partial charge in [-0.05, 0) is 36.8 Å². The topological polar surface area (TPSA) is 66.9 Å². The molecule has 0 aliphatic rings. The van der Waals surface area contributed by atoms with Crippen molar-refractivity contribution in [2.45, 2.75) is 13.5 Å². The number of carbonyl (C=O) groups is 1. The minimum atomic E-state index is -0.279. The van der Waals surface area contributed by atoms with Gasteiger partial charge in [0.1, 0.15) is 5.69 Å². The van der Waals surface area contributed by atoms with Gasteiger partial charge in [0, 0.05) is 22.9 Å². The molecule has 25 heavy (non-hydrogen) atoms. The van der Waals surface area contributed by atoms with E-state index in [4.69, 9.17) is 0 Å². The molecule has 1 aromatic heterocycles. The second kappa shape index (κ2) is 7.90. The summed E-state index contributed by atoms with van der Waals surface area (Å²) in [5.41, 5.74) is 3.35. The number of halogens is 1. The van der Waals surface area contributed by atoms with E-state index in [2.05, 4.69) is 48.7 Å². The van der Waals surface area contributed by atoms with Crippen molar-refractivity contribution in [3.8, 4) is 0 Å². The average molecular weight is 397 g/mol. The Morgan fingerprint density at radius 1 is 1.12 bits per heavy atom. The Balaban J connectivity index is 1.66. The zero-order chi connectivity index (χ0) is 17.6. The van der Waals surface area contributed by atoms with Gasteiger partial charge in [0.15, 0.2) is 0 Å². The first kappa shape index (κ1) is 17.1. The van der Waals surface area contributed by atoms with E-state index in [1.54, 1.807) is 12.3 Å². The molecule has 0 radical (unpaired) electrons. The van der Waals surface area contributed by atoms with Crippen molar-refractivity contribution in [1.29, 1.82) is 0 Å². The van der Waals surface area contributed by atoms with Crippen molar-refractivity contribution in [1.82, 2.24) is 9.97 Å². The monoisotopic (exact) mass is 396 g/mol. The van der Waals surface area contributed by atoms with Gasteiger partial charge in [-0.3, -0.25) is 4.79 Å². The molecule has 0 bridgehead atoms. The summed E-state index contributed by atoms with van der Waals surface area (Å²) in [6.07, 6.45) is 1.57. The normalized spacial score (nSPS) is 10.3. The lowest BCUT2D eigenvalue weighted by molar-refractivity contribution is 0.102. The molecule has 3 rings (SSSR count). The second-order valence-corrected chi connectivity index (χ2v) is 6.48. The lowest BCUT2D eigenvalue weighted by Gasteiger charge is -2.08. The average Bonchev–Trinajstić information content (AvgIpc) is 2.61. The SMILES string of the molecule is Cc1ccc(CNc2nccc(C(=O)Nc3cccc(Br)c3)n2)cc1. The molecule has 0 unspecified atom stereocenters. The lowest BCUT2D eigenvalue weighted by Crippen LogP contribution is -2.15. The summed E-state index contributed by atoms with van der Waals surface area (Å²) < 4.78 is 0.897. The Kier molecular flexibility index (Phi) is 5.40. The van der Waals surface area contributed by atoms with E-state index >= 15 is 0 Å². The maximum Gasteiger partial charge on any atom is 0.274 e. The third kappa shape index (κ3) is 4.87. The minimum absolute atomic E-state index is 0.279. The summed E-state index contributed by atoms with van der Waals surface area (Å²) in [6.45, 7) is 2.64. The molecule has 0 fully saturated rings. The Labute approximate surface area is 154 Å². The van der Waals surface area contributed by atoms with Crippen LogP contribution in [0.1, 0.15) is 21.6 Å². The molecule has 2 N–H and O–H groups in total. The molecule has 6 heteroatoms. The van der Waals surface area contributed by atoms with Crippen LogP contribution in [-0.2, 0) is 6.54 Å². The van der Waals surface area contributed by atoms with Gasteiger partial charge in [-0.25, -0.2) is 9.97 Å². The quantitative estimate of drug-likeness (QED) is 0.669. The molecule has 5 nitrogen and oxygen atoms in total. The first-order valence-electron chi connectivity index (χ1n) is 7.79. The van der Waals surface area contributed by atoms with Crippen molar-refractivity contribution in [2.75, 3.05) is 10.6 Å². The summed E-state index contributed by atoms with van der Waals surface area (Å²) in [4.78, 5) is 20.8. The van der Waals surface area contributed by atoms with Crippen molar-refractivity contribution in [3.05, 3.63) is 82.1 Å². The van der Waals surface area contributed by atoms with Gasteiger partial charge in [-0.2, -0.15) is 0 Å². The molecule has 0 aliphatic heterocycles. The van der Waals surface area contributed by atoms with Gasteiger partial charge >= 0.3 is 0 Å². The summed E-state index contributed by atoms with van der Waals surface area (Å²) in [5, 5.41) is 5.96. The Hall–Kier alpha value is -2.73. The predicted octanol–water partition coefficient (Wildman–Crippen LogP) is 4.41. The van der Waals surface area contributed by atoms with E-state index < -0.39 is 0 Å². The van der Waals surface area contributed by atoms with Crippen molar-refractivity contribution >= 4 is 33.5 Å². The molecule has 0 spiro atoms. The molecule has 0 aliphatic carbocycles. The van der Waals surface area contributed by atoms with Gasteiger partial charge < -0.3 is 10.6 Å². The fourth-order valence-electron chi connectivity index (χ4n) is 2.22. The van der Waals surface area contributed by atoms with Crippen LogP contribution in [0.3, 0.4) is 0 Å². The number of aryl methyl sites for hydroxylation is 1. The molecule has 1 amide bonds. The Bertz CT molecular complexity index is 881. The predicted molar refractivity (Wildman–Crippen MR) is 103 cm³/mol. The number of nitrogens with one attached hydrogen (secondary N) is 2. The molecule has 0 atom stereocenters. The number of amides is 1. The van der Waals surface area contributed by atoms with E-state index in [0.29, 0.717) is 23.9 Å². The van der Waals surface area contributed by atoms with Crippen LogP contribution >= 0.6 is 15.9 Å². The van der Waals surface area contributed by atoms with Crippen LogP contribution in [0, 0.1) is 6.92 Å². The van der Waals surface area contributed by atoms with Crippen molar-refractivity contribution in [3.63, 3.8) is 0 Å². The van der Waals surface area contributed by atoms with Crippen LogP contribution in [0.2, 0.25) is 0 Å². The maximum absolute atomic E-state index is 12.3. The molecule has 0 saturated carbocycles. The highest BCUT2D eigenvalue weighted by Crippen LogP contribution is 2.16. The van der Waals surface area contributed by atoms with Crippen LogP contribution in [0.25, 0.3) is 0 Å². The van der Waals surface area contributed by atoms with E-state index in [9.17, 15) is 4.79 Å². The summed E-state index contributed by atoms with van der Waals surface area (Å²) in [6, 6.07) is 17.2. The van der Waals surface area contributed by atoms with E-state index in [-0.39, 0.29) is 5.91 Å². The molecular weight excluding hydrogens is 380 g/mol. The third-order valence-corrected chi connectivity index (χ3v) is 4.04. The van der Waals surface area contributed by atoms with Crippen LogP contribution in [0.5, 0.6) is 0 Å². The molecule has 1 heterocycles. The van der Waals surface area contributed by atoms with Crippen LogP contribution in [0.4, 0.5) is 11.6 Å². The standard InChI is InChI=1S/C19H17BrN4O/c1-13-5-7-14(8-6-13)12-22-19-21-10-9-17(24-19)18(25)23-16-4-2-3-15(20)11-16/h2-11H,12H2,1H3,(H,23,25)(H,21,22,24). The molecule has 3 aromatic rings. The Morgan fingerprint density at radius 2 is 1.92 bits per heavy atom. The van der Waals surface area contributed by atoms with E-state index in [1.807, 2.05) is 43.3 Å². The van der Waals surface area contributed by atoms with Crippen LogP contribution < -0.4 is 10.6 Å².